The van der Waals surface area contributed by atoms with Crippen LogP contribution >= 0.6 is 35.0 Å². The molecule has 1 aromatic carbocycles. The van der Waals surface area contributed by atoms with Crippen molar-refractivity contribution in [2.75, 3.05) is 17.3 Å². The van der Waals surface area contributed by atoms with Crippen molar-refractivity contribution in [1.29, 1.82) is 0 Å². The number of hydrogen-bond acceptors (Lipinski definition) is 4. The van der Waals surface area contributed by atoms with E-state index in [2.05, 4.69) is 5.32 Å². The zero-order valence-corrected chi connectivity index (χ0v) is 14.3. The normalized spacial score (nSPS) is 20.4. The topological polar surface area (TPSA) is 63.2 Å². The molecule has 2 rings (SSSR count). The summed E-state index contributed by atoms with van der Waals surface area (Å²) < 4.78 is 22.6. The van der Waals surface area contributed by atoms with Gasteiger partial charge >= 0.3 is 0 Å². The zero-order chi connectivity index (χ0) is 15.5. The number of sulfone groups is 1. The second-order valence-corrected chi connectivity index (χ2v) is 9.21. The third-order valence-electron chi connectivity index (χ3n) is 3.13. The van der Waals surface area contributed by atoms with Gasteiger partial charge in [0.2, 0.25) is 5.91 Å². The van der Waals surface area contributed by atoms with Gasteiger partial charge in [-0.05, 0) is 24.1 Å². The minimum Gasteiger partial charge on any atom is -0.351 e. The minimum absolute atomic E-state index is 0.0277. The Labute approximate surface area is 138 Å². The van der Waals surface area contributed by atoms with Gasteiger partial charge in [-0.2, -0.15) is 0 Å². The molecule has 1 N–H and O–H groups in total. The molecule has 1 heterocycles. The molecule has 116 valence electrons. The molecular weight excluding hydrogens is 353 g/mol. The van der Waals surface area contributed by atoms with Crippen molar-refractivity contribution in [3.63, 3.8) is 0 Å². The van der Waals surface area contributed by atoms with E-state index in [1.165, 1.54) is 11.8 Å². The lowest BCUT2D eigenvalue weighted by atomic mass is 10.2. The number of carbonyl (C=O) groups is 1. The van der Waals surface area contributed by atoms with E-state index in [1.807, 2.05) is 0 Å². The van der Waals surface area contributed by atoms with Crippen LogP contribution in [0.3, 0.4) is 0 Å². The maximum absolute atomic E-state index is 11.8. The second-order valence-electron chi connectivity index (χ2n) is 4.85. The lowest BCUT2D eigenvalue weighted by molar-refractivity contribution is -0.118. The third-order valence-corrected chi connectivity index (χ3v) is 7.00. The van der Waals surface area contributed by atoms with Gasteiger partial charge < -0.3 is 5.32 Å². The van der Waals surface area contributed by atoms with Crippen molar-refractivity contribution < 1.29 is 13.2 Å². The standard InChI is InChI=1S/C13H15Cl2NO3S2/c14-10-2-1-9(12(15)5-10)6-16-13(17)7-20-11-3-4-21(18,19)8-11/h1-2,5,11H,3-4,6-8H2,(H,16,17)/t11-/m1/s1. The predicted molar refractivity (Wildman–Crippen MR) is 87.8 cm³/mol. The van der Waals surface area contributed by atoms with Gasteiger partial charge in [-0.3, -0.25) is 4.79 Å². The van der Waals surface area contributed by atoms with Crippen molar-refractivity contribution in [3.8, 4) is 0 Å². The first-order valence-electron chi connectivity index (χ1n) is 6.38. The van der Waals surface area contributed by atoms with Gasteiger partial charge in [0.25, 0.3) is 0 Å². The van der Waals surface area contributed by atoms with Crippen LogP contribution in [0.15, 0.2) is 18.2 Å². The van der Waals surface area contributed by atoms with Crippen molar-refractivity contribution in [1.82, 2.24) is 5.32 Å². The van der Waals surface area contributed by atoms with Gasteiger partial charge in [-0.15, -0.1) is 11.8 Å². The highest BCUT2D eigenvalue weighted by Crippen LogP contribution is 2.24. The molecule has 0 aromatic heterocycles. The van der Waals surface area contributed by atoms with Crippen LogP contribution in [0.4, 0.5) is 0 Å². The SMILES string of the molecule is O=C(CS[C@@H]1CCS(=O)(=O)C1)NCc1ccc(Cl)cc1Cl. The molecule has 0 bridgehead atoms. The van der Waals surface area contributed by atoms with E-state index < -0.39 is 9.84 Å². The molecule has 1 aliphatic heterocycles. The summed E-state index contributed by atoms with van der Waals surface area (Å²) in [7, 11) is -2.89. The Bertz CT molecular complexity index is 634. The molecule has 1 aromatic rings. The molecule has 8 heteroatoms. The van der Waals surface area contributed by atoms with Crippen LogP contribution in [0.25, 0.3) is 0 Å². The summed E-state index contributed by atoms with van der Waals surface area (Å²) in [6.45, 7) is 0.332. The number of thioether (sulfide) groups is 1. The number of hydrogen-bond donors (Lipinski definition) is 1. The molecule has 0 aliphatic carbocycles. The number of nitrogens with one attached hydrogen (secondary N) is 1. The molecule has 1 fully saturated rings. The molecule has 0 spiro atoms. The number of amides is 1. The van der Waals surface area contributed by atoms with Crippen LogP contribution in [0.1, 0.15) is 12.0 Å². The summed E-state index contributed by atoms with van der Waals surface area (Å²) in [5, 5.41) is 3.86. The molecule has 1 atom stereocenters. The average molecular weight is 368 g/mol. The fraction of sp³-hybridized carbons (Fsp3) is 0.462. The van der Waals surface area contributed by atoms with Crippen molar-refractivity contribution in [2.24, 2.45) is 0 Å². The lowest BCUT2D eigenvalue weighted by Gasteiger charge is -2.09. The molecule has 0 saturated carbocycles. The fourth-order valence-corrected chi connectivity index (χ4v) is 5.94. The summed E-state index contributed by atoms with van der Waals surface area (Å²) >= 11 is 13.2. The maximum atomic E-state index is 11.8. The summed E-state index contributed by atoms with van der Waals surface area (Å²) in [4.78, 5) is 11.8. The second kappa shape index (κ2) is 7.22. The lowest BCUT2D eigenvalue weighted by Crippen LogP contribution is -2.25. The molecule has 1 amide bonds. The van der Waals surface area contributed by atoms with Gasteiger partial charge in [0.1, 0.15) is 0 Å². The average Bonchev–Trinajstić information content (AvgIpc) is 2.75. The third kappa shape index (κ3) is 5.36. The number of halogens is 2. The Morgan fingerprint density at radius 2 is 2.14 bits per heavy atom. The molecular formula is C13H15Cl2NO3S2. The summed E-state index contributed by atoms with van der Waals surface area (Å²) in [6, 6.07) is 5.11. The first-order valence-corrected chi connectivity index (χ1v) is 10.0. The van der Waals surface area contributed by atoms with Crippen LogP contribution < -0.4 is 5.32 Å². The number of carbonyl (C=O) groups excluding carboxylic acids is 1. The number of rotatable bonds is 5. The molecule has 4 nitrogen and oxygen atoms in total. The fourth-order valence-electron chi connectivity index (χ4n) is 2.00. The largest absolute Gasteiger partial charge is 0.351 e. The Morgan fingerprint density at radius 3 is 2.76 bits per heavy atom. The summed E-state index contributed by atoms with van der Waals surface area (Å²) in [5.74, 6) is 0.529. The minimum atomic E-state index is -2.89. The van der Waals surface area contributed by atoms with Crippen LogP contribution in [0.5, 0.6) is 0 Å². The van der Waals surface area contributed by atoms with E-state index in [-0.39, 0.29) is 28.4 Å². The summed E-state index contributed by atoms with van der Waals surface area (Å²) in [5.41, 5.74) is 0.794. The highest BCUT2D eigenvalue weighted by molar-refractivity contribution is 8.02. The Morgan fingerprint density at radius 1 is 1.38 bits per heavy atom. The monoisotopic (exact) mass is 367 g/mol. The van der Waals surface area contributed by atoms with Crippen molar-refractivity contribution in [2.45, 2.75) is 18.2 Å². The van der Waals surface area contributed by atoms with E-state index in [0.717, 1.165) is 5.56 Å². The van der Waals surface area contributed by atoms with Crippen molar-refractivity contribution >= 4 is 50.7 Å². The van der Waals surface area contributed by atoms with Crippen LogP contribution in [-0.4, -0.2) is 36.8 Å². The molecule has 1 aliphatic rings. The highest BCUT2D eigenvalue weighted by atomic mass is 35.5. The zero-order valence-electron chi connectivity index (χ0n) is 11.1. The van der Waals surface area contributed by atoms with Gasteiger partial charge in [0.05, 0.1) is 17.3 Å². The highest BCUT2D eigenvalue weighted by Gasteiger charge is 2.28. The Balaban J connectivity index is 1.75. The van der Waals surface area contributed by atoms with E-state index in [9.17, 15) is 13.2 Å². The molecule has 0 radical (unpaired) electrons. The van der Waals surface area contributed by atoms with E-state index in [4.69, 9.17) is 23.2 Å². The van der Waals surface area contributed by atoms with E-state index >= 15 is 0 Å². The molecule has 21 heavy (non-hydrogen) atoms. The smallest absolute Gasteiger partial charge is 0.230 e. The number of benzene rings is 1. The van der Waals surface area contributed by atoms with Crippen LogP contribution in [0, 0.1) is 0 Å². The van der Waals surface area contributed by atoms with E-state index in [1.54, 1.807) is 18.2 Å². The van der Waals surface area contributed by atoms with Gasteiger partial charge in [-0.1, -0.05) is 29.3 Å². The van der Waals surface area contributed by atoms with Gasteiger partial charge in [0.15, 0.2) is 9.84 Å². The molecule has 1 saturated heterocycles. The Hall–Kier alpha value is -0.430. The van der Waals surface area contributed by atoms with Crippen LogP contribution in [-0.2, 0) is 21.2 Å². The predicted octanol–water partition coefficient (Wildman–Crippen LogP) is 2.53. The van der Waals surface area contributed by atoms with Gasteiger partial charge in [-0.25, -0.2) is 8.42 Å². The van der Waals surface area contributed by atoms with Gasteiger partial charge in [0, 0.05) is 21.8 Å². The summed E-state index contributed by atoms with van der Waals surface area (Å²) in [6.07, 6.45) is 0.628. The first kappa shape index (κ1) is 16.9. The Kier molecular flexibility index (Phi) is 5.82. The molecule has 0 unspecified atom stereocenters. The maximum Gasteiger partial charge on any atom is 0.230 e. The van der Waals surface area contributed by atoms with Crippen molar-refractivity contribution in [3.05, 3.63) is 33.8 Å². The van der Waals surface area contributed by atoms with Crippen LogP contribution in [0.2, 0.25) is 10.0 Å². The first-order chi connectivity index (χ1) is 9.85. The quantitative estimate of drug-likeness (QED) is 0.868. The van der Waals surface area contributed by atoms with E-state index in [0.29, 0.717) is 23.0 Å².